The quantitative estimate of drug-likeness (QED) is 0.684. The molecule has 2 N–H and O–H groups in total. The number of hydrogen-bond acceptors (Lipinski definition) is 3. The van der Waals surface area contributed by atoms with Crippen molar-refractivity contribution in [1.82, 2.24) is 0 Å². The Morgan fingerprint density at radius 1 is 1.00 bits per heavy atom. The first-order chi connectivity index (χ1) is 10.4. The van der Waals surface area contributed by atoms with Crippen LogP contribution in [0.4, 0.5) is 0 Å². The highest BCUT2D eigenvalue weighted by molar-refractivity contribution is 5.39. The zero-order chi connectivity index (χ0) is 14.8. The third-order valence-corrected chi connectivity index (χ3v) is 3.11. The van der Waals surface area contributed by atoms with E-state index in [1.807, 2.05) is 36.4 Å². The van der Waals surface area contributed by atoms with E-state index in [9.17, 15) is 0 Å². The molecule has 0 fully saturated rings. The van der Waals surface area contributed by atoms with Gasteiger partial charge in [-0.05, 0) is 30.7 Å². The molecule has 0 bridgehead atoms. The van der Waals surface area contributed by atoms with Gasteiger partial charge in [0.05, 0.1) is 12.9 Å². The van der Waals surface area contributed by atoms with Crippen molar-refractivity contribution in [1.29, 1.82) is 0 Å². The summed E-state index contributed by atoms with van der Waals surface area (Å²) in [6.07, 6.45) is 3.89. The minimum absolute atomic E-state index is 0.648. The highest BCUT2D eigenvalue weighted by atomic mass is 16.5. The molecule has 0 unspecified atom stereocenters. The fourth-order valence-corrected chi connectivity index (χ4v) is 1.94. The van der Waals surface area contributed by atoms with Crippen LogP contribution in [-0.2, 0) is 6.54 Å². The second-order valence-corrected chi connectivity index (χ2v) is 4.86. The number of rotatable bonds is 10. The summed E-state index contributed by atoms with van der Waals surface area (Å²) in [5.41, 5.74) is 0. The molecular weight excluding hydrogens is 266 g/mol. The fraction of sp³-hybridized carbons (Fsp3) is 0.412. The largest absolute Gasteiger partial charge is 0.490 e. The molecule has 0 aliphatic carbocycles. The molecule has 0 atom stereocenters. The Bertz CT molecular complexity index is 496. The molecule has 114 valence electrons. The van der Waals surface area contributed by atoms with Crippen molar-refractivity contribution >= 4 is 0 Å². The Hall–Kier alpha value is -1.94. The molecule has 0 spiro atoms. The smallest absolute Gasteiger partial charge is 0.161 e. The second-order valence-electron chi connectivity index (χ2n) is 4.86. The third-order valence-electron chi connectivity index (χ3n) is 3.11. The molecule has 2 rings (SSSR count). The lowest BCUT2D eigenvalue weighted by molar-refractivity contribution is -0.672. The average molecular weight is 290 g/mol. The first-order valence-corrected chi connectivity index (χ1v) is 7.59. The van der Waals surface area contributed by atoms with Crippen LogP contribution in [0.25, 0.3) is 0 Å². The number of furan rings is 1. The van der Waals surface area contributed by atoms with Gasteiger partial charge in [0.2, 0.25) is 0 Å². The summed E-state index contributed by atoms with van der Waals surface area (Å²) in [7, 11) is 0. The van der Waals surface area contributed by atoms with Gasteiger partial charge >= 0.3 is 0 Å². The summed E-state index contributed by atoms with van der Waals surface area (Å²) in [6.45, 7) is 5.26. The Labute approximate surface area is 126 Å². The van der Waals surface area contributed by atoms with Crippen molar-refractivity contribution < 1.29 is 19.2 Å². The molecule has 0 aliphatic rings. The maximum Gasteiger partial charge on any atom is 0.161 e. The van der Waals surface area contributed by atoms with Gasteiger partial charge in [-0.3, -0.25) is 0 Å². The van der Waals surface area contributed by atoms with Gasteiger partial charge in [-0.25, -0.2) is 0 Å². The van der Waals surface area contributed by atoms with Gasteiger partial charge in [0.1, 0.15) is 19.7 Å². The molecule has 4 nitrogen and oxygen atoms in total. The number of hydrogen-bond donors (Lipinski definition) is 1. The molecule has 1 aromatic heterocycles. The van der Waals surface area contributed by atoms with E-state index in [0.29, 0.717) is 6.61 Å². The van der Waals surface area contributed by atoms with Gasteiger partial charge in [-0.2, -0.15) is 0 Å². The summed E-state index contributed by atoms with van der Waals surface area (Å²) < 4.78 is 16.8. The Kier molecular flexibility index (Phi) is 6.68. The molecular formula is C17H24NO3+. The van der Waals surface area contributed by atoms with Gasteiger partial charge in [0.25, 0.3) is 0 Å². The van der Waals surface area contributed by atoms with E-state index >= 15 is 0 Å². The monoisotopic (exact) mass is 290 g/mol. The SMILES string of the molecule is CCCCOc1ccccc1OCC[NH2+]Cc1ccco1. The van der Waals surface area contributed by atoms with E-state index in [4.69, 9.17) is 13.9 Å². The van der Waals surface area contributed by atoms with E-state index in [-0.39, 0.29) is 0 Å². The Morgan fingerprint density at radius 2 is 1.76 bits per heavy atom. The number of unbranched alkanes of at least 4 members (excludes halogenated alkanes) is 1. The number of para-hydroxylation sites is 2. The van der Waals surface area contributed by atoms with E-state index in [1.54, 1.807) is 6.26 Å². The Morgan fingerprint density at radius 3 is 2.43 bits per heavy atom. The van der Waals surface area contributed by atoms with Gasteiger partial charge in [0.15, 0.2) is 17.3 Å². The molecule has 2 aromatic rings. The van der Waals surface area contributed by atoms with Crippen LogP contribution in [0.2, 0.25) is 0 Å². The standard InChI is InChI=1S/C17H23NO3/c1-2-3-11-20-16-8-4-5-9-17(16)21-13-10-18-14-15-7-6-12-19-15/h4-9,12,18H,2-3,10-11,13-14H2,1H3/p+1. The molecule has 0 aliphatic heterocycles. The minimum Gasteiger partial charge on any atom is -0.490 e. The van der Waals surface area contributed by atoms with Crippen LogP contribution in [0.1, 0.15) is 25.5 Å². The average Bonchev–Trinajstić information content (AvgIpc) is 3.02. The lowest BCUT2D eigenvalue weighted by Gasteiger charge is -2.11. The van der Waals surface area contributed by atoms with E-state index in [1.165, 1.54) is 0 Å². The van der Waals surface area contributed by atoms with E-state index < -0.39 is 0 Å². The molecule has 1 heterocycles. The number of ether oxygens (including phenoxy) is 2. The molecule has 0 saturated heterocycles. The highest BCUT2D eigenvalue weighted by Gasteiger charge is 2.04. The molecule has 0 saturated carbocycles. The molecule has 0 amide bonds. The van der Waals surface area contributed by atoms with E-state index in [0.717, 1.165) is 49.8 Å². The highest BCUT2D eigenvalue weighted by Crippen LogP contribution is 2.26. The van der Waals surface area contributed by atoms with Crippen LogP contribution in [0.3, 0.4) is 0 Å². The normalized spacial score (nSPS) is 10.5. The maximum atomic E-state index is 5.80. The van der Waals surface area contributed by atoms with Crippen LogP contribution < -0.4 is 14.8 Å². The van der Waals surface area contributed by atoms with Crippen LogP contribution in [0.15, 0.2) is 47.1 Å². The minimum atomic E-state index is 0.648. The zero-order valence-corrected chi connectivity index (χ0v) is 12.6. The molecule has 0 radical (unpaired) electrons. The number of benzene rings is 1. The van der Waals surface area contributed by atoms with Crippen molar-refractivity contribution in [2.45, 2.75) is 26.3 Å². The van der Waals surface area contributed by atoms with Crippen molar-refractivity contribution in [2.24, 2.45) is 0 Å². The number of nitrogens with two attached hydrogens (primary N) is 1. The van der Waals surface area contributed by atoms with Crippen LogP contribution in [-0.4, -0.2) is 19.8 Å². The van der Waals surface area contributed by atoms with Crippen molar-refractivity contribution in [2.75, 3.05) is 19.8 Å². The first kappa shape index (κ1) is 15.4. The van der Waals surface area contributed by atoms with Crippen molar-refractivity contribution in [3.63, 3.8) is 0 Å². The van der Waals surface area contributed by atoms with Gasteiger partial charge in [0, 0.05) is 0 Å². The topological polar surface area (TPSA) is 48.2 Å². The van der Waals surface area contributed by atoms with Gasteiger partial charge in [-0.1, -0.05) is 25.5 Å². The summed E-state index contributed by atoms with van der Waals surface area (Å²) in [4.78, 5) is 0. The number of quaternary nitrogens is 1. The second kappa shape index (κ2) is 9.08. The maximum absolute atomic E-state index is 5.80. The fourth-order valence-electron chi connectivity index (χ4n) is 1.94. The predicted octanol–water partition coefficient (Wildman–Crippen LogP) is 2.60. The van der Waals surface area contributed by atoms with Crippen LogP contribution in [0, 0.1) is 0 Å². The lowest BCUT2D eigenvalue weighted by Crippen LogP contribution is -2.83. The van der Waals surface area contributed by atoms with Crippen LogP contribution in [0.5, 0.6) is 11.5 Å². The zero-order valence-electron chi connectivity index (χ0n) is 12.6. The summed E-state index contributed by atoms with van der Waals surface area (Å²) >= 11 is 0. The van der Waals surface area contributed by atoms with Gasteiger partial charge < -0.3 is 19.2 Å². The predicted molar refractivity (Wildman–Crippen MR) is 81.5 cm³/mol. The first-order valence-electron chi connectivity index (χ1n) is 7.59. The summed E-state index contributed by atoms with van der Waals surface area (Å²) in [6, 6.07) is 11.7. The summed E-state index contributed by atoms with van der Waals surface area (Å²) in [5.74, 6) is 2.63. The summed E-state index contributed by atoms with van der Waals surface area (Å²) in [5, 5.41) is 2.17. The van der Waals surface area contributed by atoms with E-state index in [2.05, 4.69) is 12.2 Å². The van der Waals surface area contributed by atoms with Crippen LogP contribution >= 0.6 is 0 Å². The molecule has 4 heteroatoms. The van der Waals surface area contributed by atoms with Gasteiger partial charge in [-0.15, -0.1) is 0 Å². The Balaban J connectivity index is 1.69. The van der Waals surface area contributed by atoms with Crippen molar-refractivity contribution in [3.8, 4) is 11.5 Å². The lowest BCUT2D eigenvalue weighted by atomic mass is 10.3. The van der Waals surface area contributed by atoms with Crippen molar-refractivity contribution in [3.05, 3.63) is 48.4 Å². The molecule has 1 aromatic carbocycles. The third kappa shape index (κ3) is 5.52. The molecule has 21 heavy (non-hydrogen) atoms.